The van der Waals surface area contributed by atoms with Crippen molar-refractivity contribution in [1.29, 1.82) is 0 Å². The minimum atomic E-state index is 0.730. The molecular formula is C12H17N5. The molecule has 2 aromatic rings. The third kappa shape index (κ3) is 3.03. The molecule has 0 aliphatic rings. The lowest BCUT2D eigenvalue weighted by Crippen LogP contribution is -2.04. The molecule has 0 amide bonds. The van der Waals surface area contributed by atoms with Crippen LogP contribution in [0.15, 0.2) is 18.5 Å². The highest BCUT2D eigenvalue weighted by atomic mass is 15.2. The zero-order valence-corrected chi connectivity index (χ0v) is 10.4. The van der Waals surface area contributed by atoms with E-state index < -0.39 is 0 Å². The number of aromatic nitrogens is 4. The fourth-order valence-electron chi connectivity index (χ4n) is 1.66. The largest absolute Gasteiger partial charge is 0.366 e. The molecule has 0 saturated heterocycles. The Bertz CT molecular complexity index is 503. The van der Waals surface area contributed by atoms with Crippen LogP contribution in [-0.2, 0) is 20.0 Å². The summed E-state index contributed by atoms with van der Waals surface area (Å²) in [6.07, 6.45) is 4.76. The number of nitrogens with zero attached hydrogens (tertiary/aromatic N) is 4. The van der Waals surface area contributed by atoms with Gasteiger partial charge in [-0.15, -0.1) is 0 Å². The predicted octanol–water partition coefficient (Wildman–Crippen LogP) is 1.69. The van der Waals surface area contributed by atoms with Crippen LogP contribution in [0.25, 0.3) is 0 Å². The molecule has 5 heteroatoms. The number of rotatable bonds is 4. The van der Waals surface area contributed by atoms with Crippen molar-refractivity contribution in [2.24, 2.45) is 7.05 Å². The second-order valence-electron chi connectivity index (χ2n) is 4.02. The predicted molar refractivity (Wildman–Crippen MR) is 66.7 cm³/mol. The summed E-state index contributed by atoms with van der Waals surface area (Å²) in [5, 5.41) is 7.41. The number of hydrogen-bond donors (Lipinski definition) is 1. The van der Waals surface area contributed by atoms with Gasteiger partial charge in [0.1, 0.15) is 11.6 Å². The maximum Gasteiger partial charge on any atom is 0.130 e. The number of anilines is 1. The molecule has 1 N–H and O–H groups in total. The lowest BCUT2D eigenvalue weighted by atomic mass is 10.3. The first-order chi connectivity index (χ1) is 8.17. The topological polar surface area (TPSA) is 55.6 Å². The van der Waals surface area contributed by atoms with Gasteiger partial charge in [-0.05, 0) is 13.3 Å². The van der Waals surface area contributed by atoms with Gasteiger partial charge in [-0.3, -0.25) is 4.68 Å². The van der Waals surface area contributed by atoms with E-state index in [0.717, 1.165) is 35.9 Å². The second kappa shape index (κ2) is 4.95. The molecule has 5 nitrogen and oxygen atoms in total. The normalized spacial score (nSPS) is 10.5. The quantitative estimate of drug-likeness (QED) is 0.870. The summed E-state index contributed by atoms with van der Waals surface area (Å²) in [6.45, 7) is 4.73. The molecule has 0 radical (unpaired) electrons. The highest BCUT2D eigenvalue weighted by Gasteiger charge is 2.01. The van der Waals surface area contributed by atoms with Crippen molar-refractivity contribution in [3.8, 4) is 0 Å². The van der Waals surface area contributed by atoms with E-state index in [0.29, 0.717) is 0 Å². The maximum atomic E-state index is 4.35. The molecule has 0 aliphatic heterocycles. The van der Waals surface area contributed by atoms with Gasteiger partial charge in [0.25, 0.3) is 0 Å². The molecule has 0 aliphatic carbocycles. The van der Waals surface area contributed by atoms with Crippen molar-refractivity contribution >= 4 is 5.82 Å². The van der Waals surface area contributed by atoms with Gasteiger partial charge in [-0.1, -0.05) is 6.92 Å². The van der Waals surface area contributed by atoms with Crippen LogP contribution >= 0.6 is 0 Å². The molecule has 0 unspecified atom stereocenters. The average molecular weight is 231 g/mol. The lowest BCUT2D eigenvalue weighted by molar-refractivity contribution is 0.767. The molecule has 17 heavy (non-hydrogen) atoms. The zero-order chi connectivity index (χ0) is 12.3. The first-order valence-electron chi connectivity index (χ1n) is 5.73. The summed E-state index contributed by atoms with van der Waals surface area (Å²) in [5.41, 5.74) is 2.20. The van der Waals surface area contributed by atoms with Gasteiger partial charge in [0.15, 0.2) is 0 Å². The summed E-state index contributed by atoms with van der Waals surface area (Å²) >= 11 is 0. The summed E-state index contributed by atoms with van der Waals surface area (Å²) in [5.74, 6) is 1.68. The van der Waals surface area contributed by atoms with Crippen molar-refractivity contribution in [3.63, 3.8) is 0 Å². The van der Waals surface area contributed by atoms with Crippen LogP contribution in [0.4, 0.5) is 5.82 Å². The van der Waals surface area contributed by atoms with E-state index in [4.69, 9.17) is 0 Å². The fourth-order valence-corrected chi connectivity index (χ4v) is 1.66. The molecule has 0 spiro atoms. The summed E-state index contributed by atoms with van der Waals surface area (Å²) in [7, 11) is 1.91. The van der Waals surface area contributed by atoms with Crippen LogP contribution in [0, 0.1) is 6.92 Å². The molecule has 0 fully saturated rings. The molecule has 0 saturated carbocycles. The molecule has 0 atom stereocenters. The van der Waals surface area contributed by atoms with Crippen LogP contribution in [-0.4, -0.2) is 19.7 Å². The van der Waals surface area contributed by atoms with E-state index in [1.54, 1.807) is 4.68 Å². The van der Waals surface area contributed by atoms with E-state index in [9.17, 15) is 0 Å². The Balaban J connectivity index is 2.05. The Labute approximate surface area is 101 Å². The van der Waals surface area contributed by atoms with E-state index >= 15 is 0 Å². The zero-order valence-electron chi connectivity index (χ0n) is 10.4. The second-order valence-corrected chi connectivity index (χ2v) is 4.02. The third-order valence-corrected chi connectivity index (χ3v) is 2.49. The number of aryl methyl sites for hydroxylation is 3. The summed E-state index contributed by atoms with van der Waals surface area (Å²) < 4.78 is 1.79. The van der Waals surface area contributed by atoms with Crippen LogP contribution in [0.1, 0.15) is 24.0 Å². The summed E-state index contributed by atoms with van der Waals surface area (Å²) in [6, 6.07) is 1.99. The van der Waals surface area contributed by atoms with Crippen LogP contribution in [0.2, 0.25) is 0 Å². The Morgan fingerprint density at radius 2 is 2.18 bits per heavy atom. The molecule has 2 rings (SSSR count). The fraction of sp³-hybridized carbons (Fsp3) is 0.417. The van der Waals surface area contributed by atoms with E-state index in [2.05, 4.69) is 27.3 Å². The Morgan fingerprint density at radius 1 is 1.35 bits per heavy atom. The minimum Gasteiger partial charge on any atom is -0.366 e. The molecule has 0 bridgehead atoms. The van der Waals surface area contributed by atoms with Crippen molar-refractivity contribution < 1.29 is 0 Å². The molecule has 2 heterocycles. The third-order valence-electron chi connectivity index (χ3n) is 2.49. The SMILES string of the molecule is CCc1cc(NCc2cnn(C)c2)nc(C)n1. The van der Waals surface area contributed by atoms with Crippen molar-refractivity contribution in [1.82, 2.24) is 19.7 Å². The van der Waals surface area contributed by atoms with Gasteiger partial charge in [-0.2, -0.15) is 5.10 Å². The van der Waals surface area contributed by atoms with Crippen molar-refractivity contribution in [3.05, 3.63) is 35.5 Å². The van der Waals surface area contributed by atoms with Gasteiger partial charge >= 0.3 is 0 Å². The van der Waals surface area contributed by atoms with Gasteiger partial charge in [0.2, 0.25) is 0 Å². The minimum absolute atomic E-state index is 0.730. The first-order valence-corrected chi connectivity index (χ1v) is 5.73. The first kappa shape index (κ1) is 11.6. The Kier molecular flexibility index (Phi) is 3.37. The average Bonchev–Trinajstić information content (AvgIpc) is 2.72. The van der Waals surface area contributed by atoms with Crippen LogP contribution in [0.5, 0.6) is 0 Å². The lowest BCUT2D eigenvalue weighted by Gasteiger charge is -2.06. The standard InChI is InChI=1S/C12H17N5/c1-4-11-5-12(16-9(2)15-11)13-6-10-7-14-17(3)8-10/h5,7-8H,4,6H2,1-3H3,(H,13,15,16). The van der Waals surface area contributed by atoms with E-state index in [-0.39, 0.29) is 0 Å². The van der Waals surface area contributed by atoms with Gasteiger partial charge in [0.05, 0.1) is 6.20 Å². The van der Waals surface area contributed by atoms with E-state index in [1.165, 1.54) is 0 Å². The van der Waals surface area contributed by atoms with Crippen LogP contribution < -0.4 is 5.32 Å². The molecular weight excluding hydrogens is 214 g/mol. The molecule has 2 aromatic heterocycles. The monoisotopic (exact) mass is 231 g/mol. The molecule has 0 aromatic carbocycles. The van der Waals surface area contributed by atoms with Crippen LogP contribution in [0.3, 0.4) is 0 Å². The maximum absolute atomic E-state index is 4.35. The van der Waals surface area contributed by atoms with Gasteiger partial charge in [-0.25, -0.2) is 9.97 Å². The smallest absolute Gasteiger partial charge is 0.130 e. The number of hydrogen-bond acceptors (Lipinski definition) is 4. The Morgan fingerprint density at radius 3 is 2.82 bits per heavy atom. The number of nitrogens with one attached hydrogen (secondary N) is 1. The van der Waals surface area contributed by atoms with Gasteiger partial charge in [0, 0.05) is 37.1 Å². The highest BCUT2D eigenvalue weighted by Crippen LogP contribution is 2.09. The molecule has 90 valence electrons. The summed E-state index contributed by atoms with van der Waals surface area (Å²) in [4.78, 5) is 8.70. The van der Waals surface area contributed by atoms with E-state index in [1.807, 2.05) is 32.4 Å². The van der Waals surface area contributed by atoms with Crippen molar-refractivity contribution in [2.75, 3.05) is 5.32 Å². The van der Waals surface area contributed by atoms with Gasteiger partial charge < -0.3 is 5.32 Å². The Hall–Kier alpha value is -1.91. The van der Waals surface area contributed by atoms with Crippen molar-refractivity contribution in [2.45, 2.75) is 26.8 Å². The highest BCUT2D eigenvalue weighted by molar-refractivity contribution is 5.36.